The third kappa shape index (κ3) is 4.34. The number of rotatable bonds is 6. The highest BCUT2D eigenvalue weighted by atomic mass is 16.6. The second-order valence-electron chi connectivity index (χ2n) is 6.42. The molecule has 0 saturated carbocycles. The highest BCUT2D eigenvalue weighted by Gasteiger charge is 2.33. The van der Waals surface area contributed by atoms with Gasteiger partial charge >= 0.3 is 6.03 Å². The molecule has 0 bridgehead atoms. The van der Waals surface area contributed by atoms with Gasteiger partial charge in [0.05, 0.1) is 23.6 Å². The van der Waals surface area contributed by atoms with Crippen LogP contribution < -0.4 is 20.7 Å². The van der Waals surface area contributed by atoms with Crippen molar-refractivity contribution in [1.29, 1.82) is 0 Å². The number of nitro groups is 1. The first kappa shape index (κ1) is 19.9. The second kappa shape index (κ2) is 8.42. The number of nitrogens with zero attached hydrogens (tertiary/aromatic N) is 1. The predicted octanol–water partition coefficient (Wildman–Crippen LogP) is 2.55. The Morgan fingerprint density at radius 2 is 1.97 bits per heavy atom. The van der Waals surface area contributed by atoms with Crippen LogP contribution in [0.3, 0.4) is 0 Å². The van der Waals surface area contributed by atoms with Crippen LogP contribution in [0.2, 0.25) is 0 Å². The fraction of sp³-hybridized carbons (Fsp3) is 0.200. The third-order valence-electron chi connectivity index (χ3n) is 4.54. The summed E-state index contributed by atoms with van der Waals surface area (Å²) in [5, 5.41) is 19.3. The molecule has 9 heteroatoms. The van der Waals surface area contributed by atoms with E-state index in [1.54, 1.807) is 6.92 Å². The topological polar surface area (TPSA) is 123 Å². The van der Waals surface area contributed by atoms with E-state index in [1.165, 1.54) is 25.3 Å². The first-order chi connectivity index (χ1) is 13.9. The van der Waals surface area contributed by atoms with Gasteiger partial charge in [-0.3, -0.25) is 14.9 Å². The van der Waals surface area contributed by atoms with Crippen molar-refractivity contribution in [2.24, 2.45) is 0 Å². The van der Waals surface area contributed by atoms with Gasteiger partial charge in [-0.05, 0) is 18.6 Å². The molecule has 1 aliphatic rings. The minimum absolute atomic E-state index is 0.171. The van der Waals surface area contributed by atoms with E-state index in [1.807, 2.05) is 30.3 Å². The number of amides is 3. The van der Waals surface area contributed by atoms with Gasteiger partial charge in [0.2, 0.25) is 0 Å². The summed E-state index contributed by atoms with van der Waals surface area (Å²) in [4.78, 5) is 35.7. The smallest absolute Gasteiger partial charge is 0.319 e. The summed E-state index contributed by atoms with van der Waals surface area (Å²) in [5.74, 6) is -0.0821. The van der Waals surface area contributed by atoms with Crippen molar-refractivity contribution in [3.8, 4) is 5.75 Å². The molecule has 1 atom stereocenters. The molecule has 29 heavy (non-hydrogen) atoms. The highest BCUT2D eigenvalue weighted by Crippen LogP contribution is 2.35. The van der Waals surface area contributed by atoms with Gasteiger partial charge in [0.15, 0.2) is 0 Å². The highest BCUT2D eigenvalue weighted by molar-refractivity contribution is 5.98. The number of nitrogens with one attached hydrogen (secondary N) is 3. The fourth-order valence-corrected chi connectivity index (χ4v) is 3.16. The van der Waals surface area contributed by atoms with Crippen LogP contribution in [0.25, 0.3) is 0 Å². The fourth-order valence-electron chi connectivity index (χ4n) is 3.16. The van der Waals surface area contributed by atoms with Gasteiger partial charge in [0, 0.05) is 29.9 Å². The zero-order valence-corrected chi connectivity index (χ0v) is 15.9. The Kier molecular flexibility index (Phi) is 5.77. The summed E-state index contributed by atoms with van der Waals surface area (Å²) in [6.07, 6.45) is 0. The first-order valence-electron chi connectivity index (χ1n) is 8.83. The van der Waals surface area contributed by atoms with E-state index in [4.69, 9.17) is 4.74 Å². The molecule has 150 valence electrons. The van der Waals surface area contributed by atoms with E-state index in [9.17, 15) is 19.7 Å². The SMILES string of the molecule is COc1ccc([N+](=O)[O-])cc1C1NC(=O)NC(C)=C1C(=O)NCc1ccccc1. The van der Waals surface area contributed by atoms with Crippen molar-refractivity contribution in [2.75, 3.05) is 7.11 Å². The lowest BCUT2D eigenvalue weighted by Gasteiger charge is -2.29. The van der Waals surface area contributed by atoms with Gasteiger partial charge in [0.1, 0.15) is 5.75 Å². The van der Waals surface area contributed by atoms with Crippen molar-refractivity contribution >= 4 is 17.6 Å². The van der Waals surface area contributed by atoms with E-state index < -0.39 is 22.9 Å². The van der Waals surface area contributed by atoms with Gasteiger partial charge in [-0.1, -0.05) is 30.3 Å². The number of non-ortho nitro benzene ring substituents is 1. The molecule has 0 fully saturated rings. The number of benzene rings is 2. The van der Waals surface area contributed by atoms with Crippen LogP contribution in [0, 0.1) is 10.1 Å². The lowest BCUT2D eigenvalue weighted by atomic mass is 9.93. The molecule has 9 nitrogen and oxygen atoms in total. The lowest BCUT2D eigenvalue weighted by molar-refractivity contribution is -0.385. The molecule has 0 aromatic heterocycles. The van der Waals surface area contributed by atoms with Crippen LogP contribution >= 0.6 is 0 Å². The van der Waals surface area contributed by atoms with Gasteiger partial charge in [-0.25, -0.2) is 4.79 Å². The van der Waals surface area contributed by atoms with Gasteiger partial charge < -0.3 is 20.7 Å². The molecule has 3 rings (SSSR count). The van der Waals surface area contributed by atoms with Crippen LogP contribution in [-0.4, -0.2) is 24.0 Å². The Balaban J connectivity index is 1.97. The van der Waals surface area contributed by atoms with Crippen molar-refractivity contribution < 1.29 is 19.2 Å². The number of allylic oxidation sites excluding steroid dienone is 1. The molecule has 0 radical (unpaired) electrons. The summed E-state index contributed by atoms with van der Waals surface area (Å²) in [7, 11) is 1.42. The average Bonchev–Trinajstić information content (AvgIpc) is 2.71. The molecule has 1 aliphatic heterocycles. The largest absolute Gasteiger partial charge is 0.496 e. The molecule has 0 aliphatic carbocycles. The van der Waals surface area contributed by atoms with E-state index in [-0.39, 0.29) is 11.3 Å². The number of carbonyl (C=O) groups excluding carboxylic acids is 2. The van der Waals surface area contributed by atoms with Gasteiger partial charge in [-0.15, -0.1) is 0 Å². The minimum Gasteiger partial charge on any atom is -0.496 e. The van der Waals surface area contributed by atoms with E-state index in [0.717, 1.165) is 5.56 Å². The van der Waals surface area contributed by atoms with Crippen LogP contribution in [0.15, 0.2) is 59.8 Å². The minimum atomic E-state index is -0.908. The summed E-state index contributed by atoms with van der Waals surface area (Å²) in [5.41, 5.74) is 1.67. The maximum atomic E-state index is 13.0. The Morgan fingerprint density at radius 1 is 1.24 bits per heavy atom. The lowest BCUT2D eigenvalue weighted by Crippen LogP contribution is -2.47. The Hall–Kier alpha value is -3.88. The number of methoxy groups -OCH3 is 1. The van der Waals surface area contributed by atoms with Gasteiger partial charge in [-0.2, -0.15) is 0 Å². The van der Waals surface area contributed by atoms with E-state index in [0.29, 0.717) is 23.6 Å². The molecule has 0 spiro atoms. The molecule has 1 unspecified atom stereocenters. The van der Waals surface area contributed by atoms with E-state index in [2.05, 4.69) is 16.0 Å². The zero-order valence-electron chi connectivity index (χ0n) is 15.9. The first-order valence-corrected chi connectivity index (χ1v) is 8.83. The second-order valence-corrected chi connectivity index (χ2v) is 6.42. The number of hydrogen-bond acceptors (Lipinski definition) is 5. The molecule has 1 heterocycles. The Bertz CT molecular complexity index is 988. The van der Waals surface area contributed by atoms with Crippen LogP contribution in [0.5, 0.6) is 5.75 Å². The maximum absolute atomic E-state index is 13.0. The molecule has 2 aromatic carbocycles. The van der Waals surface area contributed by atoms with Crippen molar-refractivity contribution in [1.82, 2.24) is 16.0 Å². The molecule has 0 saturated heterocycles. The Labute approximate surface area is 166 Å². The number of ether oxygens (including phenoxy) is 1. The van der Waals surface area contributed by atoms with Gasteiger partial charge in [0.25, 0.3) is 11.6 Å². The maximum Gasteiger partial charge on any atom is 0.319 e. The summed E-state index contributed by atoms with van der Waals surface area (Å²) in [6.45, 7) is 1.90. The average molecular weight is 396 g/mol. The Morgan fingerprint density at radius 3 is 2.62 bits per heavy atom. The van der Waals surface area contributed by atoms with E-state index >= 15 is 0 Å². The van der Waals surface area contributed by atoms with Crippen LogP contribution in [-0.2, 0) is 11.3 Å². The van der Waals surface area contributed by atoms with Crippen molar-refractivity contribution in [3.63, 3.8) is 0 Å². The molecule has 2 aromatic rings. The number of urea groups is 1. The van der Waals surface area contributed by atoms with Crippen LogP contribution in [0.4, 0.5) is 10.5 Å². The summed E-state index contributed by atoms with van der Waals surface area (Å²) >= 11 is 0. The summed E-state index contributed by atoms with van der Waals surface area (Å²) in [6, 6.07) is 12.0. The summed E-state index contributed by atoms with van der Waals surface area (Å²) < 4.78 is 5.31. The number of nitro benzene ring substituents is 1. The number of carbonyl (C=O) groups is 2. The quantitative estimate of drug-likeness (QED) is 0.512. The number of hydrogen-bond donors (Lipinski definition) is 3. The predicted molar refractivity (Wildman–Crippen MR) is 105 cm³/mol. The molecule has 3 amide bonds. The molecular formula is C20H20N4O5. The monoisotopic (exact) mass is 396 g/mol. The zero-order chi connectivity index (χ0) is 21.0. The molecular weight excluding hydrogens is 376 g/mol. The standard InChI is InChI=1S/C20H20N4O5/c1-12-17(19(25)21-11-13-6-4-3-5-7-13)18(23-20(26)22-12)15-10-14(24(27)28)8-9-16(15)29-2/h3-10,18H,11H2,1-2H3,(H,21,25)(H2,22,23,26). The van der Waals surface area contributed by atoms with Crippen LogP contribution in [0.1, 0.15) is 24.1 Å². The molecule has 3 N–H and O–H groups in total. The van der Waals surface area contributed by atoms with Crippen molar-refractivity contribution in [3.05, 3.63) is 81.0 Å². The normalized spacial score (nSPS) is 15.9. The third-order valence-corrected chi connectivity index (χ3v) is 4.54. The van der Waals surface area contributed by atoms with Crippen molar-refractivity contribution in [2.45, 2.75) is 19.5 Å².